The molecule has 14 heavy (non-hydrogen) atoms. The van der Waals surface area contributed by atoms with Crippen LogP contribution in [0.1, 0.15) is 44.9 Å². The van der Waals surface area contributed by atoms with Gasteiger partial charge in [0.2, 0.25) is 0 Å². The van der Waals surface area contributed by atoms with E-state index >= 15 is 0 Å². The molecule has 0 unspecified atom stereocenters. The maximum Gasteiger partial charge on any atom is -0.00245 e. The molecule has 82 valence electrons. The lowest BCUT2D eigenvalue weighted by Crippen LogP contribution is -2.23. The van der Waals surface area contributed by atoms with Crippen LogP contribution in [0.15, 0.2) is 12.7 Å². The second-order valence-corrected chi connectivity index (χ2v) is 5.03. The Hall–Kier alpha value is -0.300. The minimum atomic E-state index is 0.494. The summed E-state index contributed by atoms with van der Waals surface area (Å²) in [6.07, 6.45) is 11.9. The minimum Gasteiger partial charge on any atom is -0.309 e. The van der Waals surface area contributed by atoms with Gasteiger partial charge in [0.05, 0.1) is 0 Å². The maximum atomic E-state index is 4.04. The molecule has 0 atom stereocenters. The first kappa shape index (κ1) is 11.8. The molecule has 0 aromatic carbocycles. The summed E-state index contributed by atoms with van der Waals surface area (Å²) in [5.41, 5.74) is 0.494. The van der Waals surface area contributed by atoms with Crippen molar-refractivity contribution in [1.29, 1.82) is 0 Å². The van der Waals surface area contributed by atoms with Gasteiger partial charge < -0.3 is 4.90 Å². The second kappa shape index (κ2) is 5.55. The smallest absolute Gasteiger partial charge is 0.00245 e. The molecule has 1 rings (SSSR count). The minimum absolute atomic E-state index is 0.494. The van der Waals surface area contributed by atoms with Crippen molar-refractivity contribution in [3.8, 4) is 0 Å². The number of allylic oxidation sites excluding steroid dienone is 1. The average molecular weight is 195 g/mol. The molecule has 1 heteroatoms. The zero-order valence-corrected chi connectivity index (χ0v) is 9.89. The molecule has 1 aliphatic carbocycles. The van der Waals surface area contributed by atoms with Crippen LogP contribution < -0.4 is 0 Å². The third kappa shape index (κ3) is 3.45. The highest BCUT2D eigenvalue weighted by Crippen LogP contribution is 2.41. The van der Waals surface area contributed by atoms with E-state index in [1.54, 1.807) is 0 Å². The van der Waals surface area contributed by atoms with Crippen molar-refractivity contribution in [3.63, 3.8) is 0 Å². The molecule has 0 N–H and O–H groups in total. The van der Waals surface area contributed by atoms with Gasteiger partial charge in [-0.2, -0.15) is 0 Å². The molecule has 0 amide bonds. The van der Waals surface area contributed by atoms with Crippen LogP contribution in [0.3, 0.4) is 0 Å². The molecule has 1 saturated carbocycles. The fraction of sp³-hybridized carbons (Fsp3) is 0.846. The summed E-state index contributed by atoms with van der Waals surface area (Å²) >= 11 is 0. The number of hydrogen-bond donors (Lipinski definition) is 0. The van der Waals surface area contributed by atoms with Crippen molar-refractivity contribution in [2.24, 2.45) is 5.41 Å². The van der Waals surface area contributed by atoms with Crippen molar-refractivity contribution in [2.45, 2.75) is 44.9 Å². The molecule has 1 fully saturated rings. The van der Waals surface area contributed by atoms with E-state index in [-0.39, 0.29) is 0 Å². The van der Waals surface area contributed by atoms with Crippen LogP contribution in [-0.4, -0.2) is 25.5 Å². The van der Waals surface area contributed by atoms with Crippen LogP contribution in [0.4, 0.5) is 0 Å². The molecule has 0 saturated heterocycles. The summed E-state index contributed by atoms with van der Waals surface area (Å²) in [6.45, 7) is 5.26. The van der Waals surface area contributed by atoms with Crippen LogP contribution in [0.25, 0.3) is 0 Å². The maximum absolute atomic E-state index is 4.04. The van der Waals surface area contributed by atoms with E-state index in [1.807, 2.05) is 0 Å². The summed E-state index contributed by atoms with van der Waals surface area (Å²) < 4.78 is 0. The van der Waals surface area contributed by atoms with Crippen molar-refractivity contribution >= 4 is 0 Å². The van der Waals surface area contributed by atoms with E-state index < -0.39 is 0 Å². The van der Waals surface area contributed by atoms with Crippen molar-refractivity contribution in [3.05, 3.63) is 12.7 Å². The van der Waals surface area contributed by atoms with Gasteiger partial charge in [-0.05, 0) is 51.7 Å². The van der Waals surface area contributed by atoms with E-state index in [0.29, 0.717) is 5.41 Å². The second-order valence-electron chi connectivity index (χ2n) is 5.03. The highest BCUT2D eigenvalue weighted by molar-refractivity contribution is 4.96. The Kier molecular flexibility index (Phi) is 4.67. The largest absolute Gasteiger partial charge is 0.309 e. The molecule has 0 aliphatic heterocycles. The van der Waals surface area contributed by atoms with Crippen molar-refractivity contribution in [2.75, 3.05) is 20.6 Å². The first-order chi connectivity index (χ1) is 6.68. The number of rotatable bonds is 5. The normalized spacial score (nSPS) is 21.1. The van der Waals surface area contributed by atoms with Crippen LogP contribution in [0.2, 0.25) is 0 Å². The zero-order valence-electron chi connectivity index (χ0n) is 9.89. The molecule has 0 radical (unpaired) electrons. The lowest BCUT2D eigenvalue weighted by molar-refractivity contribution is 0.224. The lowest BCUT2D eigenvalue weighted by atomic mass is 9.71. The van der Waals surface area contributed by atoms with Gasteiger partial charge in [0, 0.05) is 0 Å². The highest BCUT2D eigenvalue weighted by atomic mass is 15.0. The van der Waals surface area contributed by atoms with Crippen molar-refractivity contribution < 1.29 is 0 Å². The van der Waals surface area contributed by atoms with Gasteiger partial charge in [-0.25, -0.2) is 0 Å². The molecule has 0 bridgehead atoms. The summed E-state index contributed by atoms with van der Waals surface area (Å²) in [4.78, 5) is 2.28. The van der Waals surface area contributed by atoms with Crippen molar-refractivity contribution in [1.82, 2.24) is 4.90 Å². The molecular weight excluding hydrogens is 170 g/mol. The van der Waals surface area contributed by atoms with Gasteiger partial charge in [0.1, 0.15) is 0 Å². The Labute approximate surface area is 89.2 Å². The van der Waals surface area contributed by atoms with Crippen LogP contribution in [0, 0.1) is 5.41 Å². The van der Waals surface area contributed by atoms with Gasteiger partial charge in [-0.1, -0.05) is 25.3 Å². The Balaban J connectivity index is 2.32. The van der Waals surface area contributed by atoms with E-state index in [0.717, 1.165) is 0 Å². The Morgan fingerprint density at radius 2 is 1.86 bits per heavy atom. The summed E-state index contributed by atoms with van der Waals surface area (Å²) in [7, 11) is 4.31. The predicted octanol–water partition coefficient (Wildman–Crippen LogP) is 3.46. The van der Waals surface area contributed by atoms with E-state index in [1.165, 1.54) is 51.5 Å². The SMILES string of the molecule is C=CC1(CCCN(C)C)CCCCC1. The van der Waals surface area contributed by atoms with Gasteiger partial charge in [-0.3, -0.25) is 0 Å². The van der Waals surface area contributed by atoms with Gasteiger partial charge in [-0.15, -0.1) is 6.58 Å². The van der Waals surface area contributed by atoms with Gasteiger partial charge in [0.25, 0.3) is 0 Å². The first-order valence-electron chi connectivity index (χ1n) is 5.97. The van der Waals surface area contributed by atoms with Gasteiger partial charge in [0.15, 0.2) is 0 Å². The van der Waals surface area contributed by atoms with Gasteiger partial charge >= 0.3 is 0 Å². The first-order valence-corrected chi connectivity index (χ1v) is 5.97. The molecule has 0 aromatic heterocycles. The standard InChI is InChI=1S/C13H25N/c1-4-13(9-6-5-7-10-13)11-8-12-14(2)3/h4H,1,5-12H2,2-3H3. The summed E-state index contributed by atoms with van der Waals surface area (Å²) in [6, 6.07) is 0. The Bertz CT molecular complexity index is 166. The molecule has 0 heterocycles. The zero-order chi connectivity index (χ0) is 10.4. The molecule has 0 spiro atoms. The monoisotopic (exact) mass is 195 g/mol. The fourth-order valence-electron chi connectivity index (χ4n) is 2.56. The number of hydrogen-bond acceptors (Lipinski definition) is 1. The third-order valence-corrected chi connectivity index (χ3v) is 3.56. The average Bonchev–Trinajstić information content (AvgIpc) is 2.19. The summed E-state index contributed by atoms with van der Waals surface area (Å²) in [5.74, 6) is 0. The third-order valence-electron chi connectivity index (χ3n) is 3.56. The fourth-order valence-corrected chi connectivity index (χ4v) is 2.56. The molecule has 0 aromatic rings. The Morgan fingerprint density at radius 3 is 2.36 bits per heavy atom. The van der Waals surface area contributed by atoms with E-state index in [9.17, 15) is 0 Å². The van der Waals surface area contributed by atoms with E-state index in [2.05, 4.69) is 31.7 Å². The molecule has 1 nitrogen and oxygen atoms in total. The van der Waals surface area contributed by atoms with Crippen LogP contribution in [0.5, 0.6) is 0 Å². The van der Waals surface area contributed by atoms with Crippen LogP contribution in [-0.2, 0) is 0 Å². The topological polar surface area (TPSA) is 3.24 Å². The quantitative estimate of drug-likeness (QED) is 0.607. The van der Waals surface area contributed by atoms with Crippen LogP contribution >= 0.6 is 0 Å². The highest BCUT2D eigenvalue weighted by Gasteiger charge is 2.27. The number of nitrogens with zero attached hydrogens (tertiary/aromatic N) is 1. The lowest BCUT2D eigenvalue weighted by Gasteiger charge is -2.34. The predicted molar refractivity (Wildman–Crippen MR) is 63.5 cm³/mol. The van der Waals surface area contributed by atoms with E-state index in [4.69, 9.17) is 0 Å². The molecular formula is C13H25N. The molecule has 1 aliphatic rings. The summed E-state index contributed by atoms with van der Waals surface area (Å²) in [5, 5.41) is 0. The Morgan fingerprint density at radius 1 is 1.21 bits per heavy atom.